The summed E-state index contributed by atoms with van der Waals surface area (Å²) in [6, 6.07) is 0. The van der Waals surface area contributed by atoms with Crippen molar-refractivity contribution in [2.24, 2.45) is 11.7 Å². The van der Waals surface area contributed by atoms with E-state index in [-0.39, 0.29) is 25.1 Å². The van der Waals surface area contributed by atoms with Crippen LogP contribution in [0.15, 0.2) is 0 Å². The smallest absolute Gasteiger partial charge is 0.303 e. The summed E-state index contributed by atoms with van der Waals surface area (Å²) in [5.41, 5.74) is 4.95. The topological polar surface area (TPSA) is 109 Å². The van der Waals surface area contributed by atoms with Crippen molar-refractivity contribution in [2.75, 3.05) is 12.3 Å². The van der Waals surface area contributed by atoms with E-state index in [0.29, 0.717) is 12.3 Å². The molecule has 6 nitrogen and oxygen atoms in total. The summed E-state index contributed by atoms with van der Waals surface area (Å²) in [4.78, 5) is 10.3. The summed E-state index contributed by atoms with van der Waals surface area (Å²) in [5.74, 6) is -0.860. The fourth-order valence-corrected chi connectivity index (χ4v) is 3.45. The summed E-state index contributed by atoms with van der Waals surface area (Å²) in [6.07, 6.45) is 0.596. The monoisotopic (exact) mass is 280 g/mol. The largest absolute Gasteiger partial charge is 0.481 e. The second-order valence-corrected chi connectivity index (χ2v) is 7.12. The molecule has 7 heteroatoms. The summed E-state index contributed by atoms with van der Waals surface area (Å²) in [5, 5.41) is 8.47. The van der Waals surface area contributed by atoms with Gasteiger partial charge in [0.15, 0.2) is 0 Å². The molecule has 0 saturated heterocycles. The SMILES string of the molecule is CC(C)CC(C)(CN)NS(=O)(=O)CCCC(=O)O. The minimum absolute atomic E-state index is 0.104. The van der Waals surface area contributed by atoms with E-state index in [1.54, 1.807) is 6.92 Å². The summed E-state index contributed by atoms with van der Waals surface area (Å²) < 4.78 is 26.2. The third-order valence-corrected chi connectivity index (χ3v) is 4.14. The molecule has 1 unspecified atom stereocenters. The summed E-state index contributed by atoms with van der Waals surface area (Å²) >= 11 is 0. The molecule has 0 radical (unpaired) electrons. The average molecular weight is 280 g/mol. The van der Waals surface area contributed by atoms with Gasteiger partial charge in [-0.3, -0.25) is 4.79 Å². The van der Waals surface area contributed by atoms with Gasteiger partial charge in [0.05, 0.1) is 5.75 Å². The molecule has 0 aliphatic rings. The van der Waals surface area contributed by atoms with Gasteiger partial charge >= 0.3 is 5.97 Å². The van der Waals surface area contributed by atoms with Crippen LogP contribution in [0.5, 0.6) is 0 Å². The number of hydrogen-bond donors (Lipinski definition) is 3. The van der Waals surface area contributed by atoms with Crippen LogP contribution in [0.2, 0.25) is 0 Å². The molecule has 0 saturated carbocycles. The Hall–Kier alpha value is -0.660. The van der Waals surface area contributed by atoms with Gasteiger partial charge in [-0.2, -0.15) is 0 Å². The summed E-state index contributed by atoms with van der Waals surface area (Å²) in [7, 11) is -3.49. The second-order valence-electron chi connectivity index (χ2n) is 5.28. The van der Waals surface area contributed by atoms with E-state index in [4.69, 9.17) is 10.8 Å². The minimum Gasteiger partial charge on any atom is -0.481 e. The Bertz CT molecular complexity index is 367. The molecule has 0 aliphatic carbocycles. The van der Waals surface area contributed by atoms with Crippen LogP contribution < -0.4 is 10.5 Å². The van der Waals surface area contributed by atoms with Gasteiger partial charge in [-0.25, -0.2) is 13.1 Å². The predicted molar refractivity (Wildman–Crippen MR) is 70.7 cm³/mol. The molecule has 18 heavy (non-hydrogen) atoms. The van der Waals surface area contributed by atoms with E-state index >= 15 is 0 Å². The number of rotatable bonds is 9. The number of sulfonamides is 1. The molecule has 0 aromatic heterocycles. The van der Waals surface area contributed by atoms with Crippen LogP contribution in [0.4, 0.5) is 0 Å². The molecule has 0 rings (SSSR count). The van der Waals surface area contributed by atoms with Gasteiger partial charge in [0.25, 0.3) is 0 Å². The first kappa shape index (κ1) is 17.3. The number of nitrogens with two attached hydrogens (primary N) is 1. The number of nitrogens with one attached hydrogen (secondary N) is 1. The van der Waals surface area contributed by atoms with E-state index in [0.717, 1.165) is 0 Å². The number of hydrogen-bond acceptors (Lipinski definition) is 4. The number of aliphatic carboxylic acids is 1. The Labute approximate surface area is 109 Å². The quantitative estimate of drug-likeness (QED) is 0.571. The highest BCUT2D eigenvalue weighted by atomic mass is 32.2. The fraction of sp³-hybridized carbons (Fsp3) is 0.909. The van der Waals surface area contributed by atoms with Crippen LogP contribution in [-0.2, 0) is 14.8 Å². The van der Waals surface area contributed by atoms with Gasteiger partial charge in [-0.1, -0.05) is 13.8 Å². The van der Waals surface area contributed by atoms with Crippen molar-refractivity contribution in [1.82, 2.24) is 4.72 Å². The van der Waals surface area contributed by atoms with E-state index in [2.05, 4.69) is 4.72 Å². The highest BCUT2D eigenvalue weighted by Crippen LogP contribution is 2.16. The standard InChI is InChI=1S/C11H24N2O4S/c1-9(2)7-11(3,8-12)13-18(16,17)6-4-5-10(14)15/h9,13H,4-8,12H2,1-3H3,(H,14,15). The number of carboxylic acid groups (broad SMARTS) is 1. The van der Waals surface area contributed by atoms with Gasteiger partial charge in [-0.15, -0.1) is 0 Å². The van der Waals surface area contributed by atoms with Crippen molar-refractivity contribution >= 4 is 16.0 Å². The second kappa shape index (κ2) is 7.06. The maximum Gasteiger partial charge on any atom is 0.303 e. The number of carboxylic acids is 1. The lowest BCUT2D eigenvalue weighted by Gasteiger charge is -2.30. The Morgan fingerprint density at radius 3 is 2.39 bits per heavy atom. The third kappa shape index (κ3) is 7.62. The Kier molecular flexibility index (Phi) is 6.80. The van der Waals surface area contributed by atoms with Crippen LogP contribution in [0.3, 0.4) is 0 Å². The molecular weight excluding hydrogens is 256 g/mol. The first-order chi connectivity index (χ1) is 8.10. The fourth-order valence-electron chi connectivity index (χ4n) is 1.91. The molecule has 1 atom stereocenters. The lowest BCUT2D eigenvalue weighted by Crippen LogP contribution is -2.52. The first-order valence-electron chi connectivity index (χ1n) is 6.04. The van der Waals surface area contributed by atoms with Gasteiger partial charge in [0.1, 0.15) is 0 Å². The molecule has 0 bridgehead atoms. The zero-order valence-electron chi connectivity index (χ0n) is 11.3. The molecule has 0 amide bonds. The Morgan fingerprint density at radius 2 is 2.00 bits per heavy atom. The lowest BCUT2D eigenvalue weighted by molar-refractivity contribution is -0.137. The van der Waals surface area contributed by atoms with E-state index in [9.17, 15) is 13.2 Å². The van der Waals surface area contributed by atoms with Gasteiger partial charge in [0, 0.05) is 18.5 Å². The predicted octanol–water partition coefficient (Wildman–Crippen LogP) is 0.534. The Morgan fingerprint density at radius 1 is 1.44 bits per heavy atom. The average Bonchev–Trinajstić information content (AvgIpc) is 2.14. The van der Waals surface area contributed by atoms with Crippen LogP contribution in [0.25, 0.3) is 0 Å². The molecule has 0 heterocycles. The van der Waals surface area contributed by atoms with Crippen LogP contribution >= 0.6 is 0 Å². The van der Waals surface area contributed by atoms with Gasteiger partial charge in [0.2, 0.25) is 10.0 Å². The maximum atomic E-state index is 11.8. The molecule has 108 valence electrons. The van der Waals surface area contributed by atoms with Crippen molar-refractivity contribution in [1.29, 1.82) is 0 Å². The van der Waals surface area contributed by atoms with Crippen LogP contribution in [-0.4, -0.2) is 37.3 Å². The number of carbonyl (C=O) groups is 1. The van der Waals surface area contributed by atoms with Crippen molar-refractivity contribution in [3.8, 4) is 0 Å². The van der Waals surface area contributed by atoms with Crippen molar-refractivity contribution in [3.63, 3.8) is 0 Å². The van der Waals surface area contributed by atoms with Crippen molar-refractivity contribution in [2.45, 2.75) is 45.6 Å². The zero-order valence-corrected chi connectivity index (χ0v) is 12.1. The molecule has 4 N–H and O–H groups in total. The molecule has 0 fully saturated rings. The molecule has 0 aliphatic heterocycles. The summed E-state index contributed by atoms with van der Waals surface area (Å²) in [6.45, 7) is 5.96. The first-order valence-corrected chi connectivity index (χ1v) is 7.69. The Balaban J connectivity index is 4.48. The van der Waals surface area contributed by atoms with Gasteiger partial charge < -0.3 is 10.8 Å². The highest BCUT2D eigenvalue weighted by molar-refractivity contribution is 7.89. The van der Waals surface area contributed by atoms with E-state index < -0.39 is 21.5 Å². The maximum absolute atomic E-state index is 11.8. The molecule has 0 aromatic carbocycles. The molecular formula is C11H24N2O4S. The zero-order chi connectivity index (χ0) is 14.4. The van der Waals surface area contributed by atoms with E-state index in [1.165, 1.54) is 0 Å². The van der Waals surface area contributed by atoms with Crippen LogP contribution in [0.1, 0.15) is 40.0 Å². The van der Waals surface area contributed by atoms with Crippen molar-refractivity contribution < 1.29 is 18.3 Å². The van der Waals surface area contributed by atoms with Crippen LogP contribution in [0, 0.1) is 5.92 Å². The molecule has 0 aromatic rings. The van der Waals surface area contributed by atoms with E-state index in [1.807, 2.05) is 13.8 Å². The normalized spacial score (nSPS) is 15.6. The highest BCUT2D eigenvalue weighted by Gasteiger charge is 2.29. The minimum atomic E-state index is -3.49. The third-order valence-electron chi connectivity index (χ3n) is 2.51. The van der Waals surface area contributed by atoms with Gasteiger partial charge in [-0.05, 0) is 25.7 Å². The lowest BCUT2D eigenvalue weighted by atomic mass is 9.92. The van der Waals surface area contributed by atoms with Crippen molar-refractivity contribution in [3.05, 3.63) is 0 Å². The molecule has 0 spiro atoms.